The van der Waals surface area contributed by atoms with Crippen molar-refractivity contribution in [3.63, 3.8) is 0 Å². The lowest BCUT2D eigenvalue weighted by Gasteiger charge is -2.24. The highest BCUT2D eigenvalue weighted by Crippen LogP contribution is 2.22. The molecule has 0 aromatic rings. The fourth-order valence-electron chi connectivity index (χ4n) is 0.958. The Hall–Kier alpha value is -0.0600. The second-order valence-electron chi connectivity index (χ2n) is 2.65. The van der Waals surface area contributed by atoms with Crippen LogP contribution in [0.3, 0.4) is 0 Å². The third-order valence-electron chi connectivity index (χ3n) is 1.66. The highest BCUT2D eigenvalue weighted by molar-refractivity contribution is 14.1. The molecule has 1 rings (SSSR count). The average molecular weight is 251 g/mol. The lowest BCUT2D eigenvalue weighted by Crippen LogP contribution is -2.33. The van der Waals surface area contributed by atoms with Crippen molar-refractivity contribution in [2.24, 2.45) is 5.92 Å². The van der Waals surface area contributed by atoms with E-state index in [4.69, 9.17) is 0 Å². The van der Waals surface area contributed by atoms with Crippen molar-refractivity contribution in [2.75, 3.05) is 13.6 Å². The topological polar surface area (TPSA) is 20.3 Å². The minimum atomic E-state index is 0.127. The first-order valence-corrected chi connectivity index (χ1v) is 4.31. The molecule has 0 saturated carbocycles. The largest absolute Gasteiger partial charge is 0.342 e. The fourth-order valence-corrected chi connectivity index (χ4v) is 1.42. The Labute approximate surface area is 74.4 Å². The van der Waals surface area contributed by atoms with Gasteiger partial charge in [-0.25, -0.2) is 0 Å². The lowest BCUT2D eigenvalue weighted by atomic mass is 10.1. The van der Waals surface area contributed by atoms with E-state index < -0.39 is 0 Å². The van der Waals surface area contributed by atoms with Crippen LogP contribution in [0.1, 0.15) is 6.92 Å². The molecule has 3 heteroatoms. The maximum absolute atomic E-state index is 11.0. The quantitative estimate of drug-likeness (QED) is 0.596. The first kappa shape index (κ1) is 8.04. The van der Waals surface area contributed by atoms with Gasteiger partial charge in [0.2, 0.25) is 5.91 Å². The highest BCUT2D eigenvalue weighted by atomic mass is 127. The van der Waals surface area contributed by atoms with E-state index in [2.05, 4.69) is 29.5 Å². The zero-order valence-electron chi connectivity index (χ0n) is 6.10. The first-order chi connectivity index (χ1) is 4.61. The van der Waals surface area contributed by atoms with Gasteiger partial charge in [0.1, 0.15) is 0 Å². The maximum Gasteiger partial charge on any atom is 0.247 e. The van der Waals surface area contributed by atoms with Crippen LogP contribution in [0.5, 0.6) is 0 Å². The number of hydrogen-bond donors (Lipinski definition) is 0. The van der Waals surface area contributed by atoms with Gasteiger partial charge in [0.05, 0.1) is 0 Å². The van der Waals surface area contributed by atoms with Crippen molar-refractivity contribution in [1.82, 2.24) is 4.90 Å². The van der Waals surface area contributed by atoms with Crippen LogP contribution in [0.2, 0.25) is 0 Å². The molecule has 0 spiro atoms. The minimum absolute atomic E-state index is 0.127. The molecule has 0 aliphatic carbocycles. The van der Waals surface area contributed by atoms with Crippen molar-refractivity contribution in [2.45, 2.75) is 6.92 Å². The molecule has 1 amide bonds. The van der Waals surface area contributed by atoms with Gasteiger partial charge in [-0.1, -0.05) is 6.92 Å². The molecule has 0 fully saturated rings. The summed E-state index contributed by atoms with van der Waals surface area (Å²) in [5.41, 5.74) is 0. The van der Waals surface area contributed by atoms with E-state index in [1.165, 1.54) is 3.58 Å². The number of nitrogens with zero attached hydrogens (tertiary/aromatic N) is 1. The van der Waals surface area contributed by atoms with E-state index in [1.54, 1.807) is 11.0 Å². The molecule has 1 aliphatic rings. The molecule has 0 radical (unpaired) electrons. The van der Waals surface area contributed by atoms with Gasteiger partial charge in [0, 0.05) is 29.2 Å². The number of carbonyl (C=O) groups is 1. The Morgan fingerprint density at radius 3 is 2.90 bits per heavy atom. The first-order valence-electron chi connectivity index (χ1n) is 3.23. The van der Waals surface area contributed by atoms with Gasteiger partial charge in [-0.2, -0.15) is 0 Å². The van der Waals surface area contributed by atoms with Crippen LogP contribution >= 0.6 is 22.6 Å². The molecule has 0 N–H and O–H groups in total. The Balaban J connectivity index is 2.79. The van der Waals surface area contributed by atoms with Gasteiger partial charge in [-0.15, -0.1) is 0 Å². The van der Waals surface area contributed by atoms with E-state index in [9.17, 15) is 4.79 Å². The van der Waals surface area contributed by atoms with Crippen LogP contribution in [0.4, 0.5) is 0 Å². The van der Waals surface area contributed by atoms with Gasteiger partial charge in [0.25, 0.3) is 0 Å². The third-order valence-corrected chi connectivity index (χ3v) is 3.03. The Morgan fingerprint density at radius 2 is 2.40 bits per heavy atom. The lowest BCUT2D eigenvalue weighted by molar-refractivity contribution is -0.125. The normalized spacial score (nSPS) is 26.7. The molecule has 10 heavy (non-hydrogen) atoms. The number of amides is 1. The van der Waals surface area contributed by atoms with Gasteiger partial charge in [-0.3, -0.25) is 4.79 Å². The minimum Gasteiger partial charge on any atom is -0.342 e. The molecular formula is C7H10INO. The fraction of sp³-hybridized carbons (Fsp3) is 0.571. The molecule has 0 aromatic carbocycles. The molecule has 2 nitrogen and oxygen atoms in total. The molecule has 1 heterocycles. The predicted octanol–water partition coefficient (Wildman–Crippen LogP) is 1.41. The SMILES string of the molecule is CC1CN(C)C(=O)C=C1I. The highest BCUT2D eigenvalue weighted by Gasteiger charge is 2.18. The van der Waals surface area contributed by atoms with E-state index in [-0.39, 0.29) is 5.91 Å². The maximum atomic E-state index is 11.0. The Kier molecular flexibility index (Phi) is 2.33. The van der Waals surface area contributed by atoms with Crippen LogP contribution in [0, 0.1) is 5.92 Å². The number of likely N-dealkylation sites (N-methyl/N-ethyl adjacent to an activating group) is 1. The number of hydrogen-bond acceptors (Lipinski definition) is 1. The summed E-state index contributed by atoms with van der Waals surface area (Å²) in [6, 6.07) is 0. The van der Waals surface area contributed by atoms with Gasteiger partial charge >= 0.3 is 0 Å². The molecule has 0 aromatic heterocycles. The summed E-state index contributed by atoms with van der Waals surface area (Å²) < 4.78 is 1.17. The van der Waals surface area contributed by atoms with E-state index >= 15 is 0 Å². The average Bonchev–Trinajstić information content (AvgIpc) is 1.84. The van der Waals surface area contributed by atoms with Crippen molar-refractivity contribution < 1.29 is 4.79 Å². The summed E-state index contributed by atoms with van der Waals surface area (Å²) in [4.78, 5) is 12.7. The summed E-state index contributed by atoms with van der Waals surface area (Å²) in [5.74, 6) is 0.644. The summed E-state index contributed by atoms with van der Waals surface area (Å²) >= 11 is 2.22. The summed E-state index contributed by atoms with van der Waals surface area (Å²) in [7, 11) is 1.83. The van der Waals surface area contributed by atoms with E-state index in [0.717, 1.165) is 6.54 Å². The van der Waals surface area contributed by atoms with Crippen molar-refractivity contribution in [3.05, 3.63) is 9.66 Å². The number of halogens is 1. The zero-order valence-corrected chi connectivity index (χ0v) is 8.25. The van der Waals surface area contributed by atoms with Crippen LogP contribution in [-0.2, 0) is 4.79 Å². The van der Waals surface area contributed by atoms with Crippen LogP contribution in [-0.4, -0.2) is 24.4 Å². The van der Waals surface area contributed by atoms with Crippen molar-refractivity contribution in [3.8, 4) is 0 Å². The molecule has 0 saturated heterocycles. The summed E-state index contributed by atoms with van der Waals surface area (Å²) in [5, 5.41) is 0. The molecule has 56 valence electrons. The zero-order chi connectivity index (χ0) is 7.72. The number of carbonyl (C=O) groups excluding carboxylic acids is 1. The molecule has 1 atom stereocenters. The second-order valence-corrected chi connectivity index (χ2v) is 3.89. The predicted molar refractivity (Wildman–Crippen MR) is 48.9 cm³/mol. The van der Waals surface area contributed by atoms with E-state index in [1.807, 2.05) is 7.05 Å². The van der Waals surface area contributed by atoms with Crippen LogP contribution in [0.15, 0.2) is 9.66 Å². The summed E-state index contributed by atoms with van der Waals surface area (Å²) in [6.07, 6.45) is 1.70. The molecular weight excluding hydrogens is 241 g/mol. The second kappa shape index (κ2) is 2.90. The van der Waals surface area contributed by atoms with E-state index in [0.29, 0.717) is 5.92 Å². The van der Waals surface area contributed by atoms with Crippen LogP contribution in [0.25, 0.3) is 0 Å². The Bertz CT molecular complexity index is 188. The smallest absolute Gasteiger partial charge is 0.247 e. The summed E-state index contributed by atoms with van der Waals surface area (Å²) in [6.45, 7) is 2.98. The van der Waals surface area contributed by atoms with Crippen molar-refractivity contribution >= 4 is 28.5 Å². The monoisotopic (exact) mass is 251 g/mol. The third kappa shape index (κ3) is 1.51. The molecule has 1 unspecified atom stereocenters. The van der Waals surface area contributed by atoms with Gasteiger partial charge < -0.3 is 4.90 Å². The Morgan fingerprint density at radius 1 is 1.80 bits per heavy atom. The van der Waals surface area contributed by atoms with Gasteiger partial charge in [-0.05, 0) is 22.6 Å². The van der Waals surface area contributed by atoms with Gasteiger partial charge in [0.15, 0.2) is 0 Å². The van der Waals surface area contributed by atoms with Crippen LogP contribution < -0.4 is 0 Å². The molecule has 1 aliphatic heterocycles. The molecule has 0 bridgehead atoms. The van der Waals surface area contributed by atoms with Crippen molar-refractivity contribution in [1.29, 1.82) is 0 Å². The standard InChI is InChI=1S/C7H10INO/c1-5-4-9(2)7(10)3-6(5)8/h3,5H,4H2,1-2H3. The number of rotatable bonds is 0.